The molecule has 68 valence electrons. The van der Waals surface area contributed by atoms with Crippen molar-refractivity contribution >= 4 is 23.2 Å². The number of aryl methyl sites for hydroxylation is 1. The summed E-state index contributed by atoms with van der Waals surface area (Å²) in [5, 5.41) is 0.460. The predicted octanol–water partition coefficient (Wildman–Crippen LogP) is 3.02. The third-order valence-corrected chi connectivity index (χ3v) is 1.91. The number of pyridine rings is 1. The largest absolute Gasteiger partial charge is 0.240 e. The van der Waals surface area contributed by atoms with Gasteiger partial charge in [-0.05, 0) is 19.1 Å². The first-order chi connectivity index (χ1) is 6.24. The highest BCUT2D eigenvalue weighted by atomic mass is 35.5. The van der Waals surface area contributed by atoms with Gasteiger partial charge in [0.05, 0.1) is 5.56 Å². The van der Waals surface area contributed by atoms with Crippen molar-refractivity contribution in [2.75, 3.05) is 5.88 Å². The van der Waals surface area contributed by atoms with Crippen molar-refractivity contribution in [2.45, 2.75) is 13.3 Å². The first-order valence-electron chi connectivity index (χ1n) is 3.92. The fourth-order valence-electron chi connectivity index (χ4n) is 0.823. The van der Waals surface area contributed by atoms with Crippen molar-refractivity contribution in [1.29, 1.82) is 0 Å². The van der Waals surface area contributed by atoms with Gasteiger partial charge in [0.25, 0.3) is 0 Å². The van der Waals surface area contributed by atoms with E-state index in [1.165, 1.54) is 0 Å². The minimum Gasteiger partial charge on any atom is -0.240 e. The highest BCUT2D eigenvalue weighted by Gasteiger charge is 1.96. The van der Waals surface area contributed by atoms with Gasteiger partial charge in [0.15, 0.2) is 0 Å². The van der Waals surface area contributed by atoms with Crippen LogP contribution in [-0.2, 0) is 0 Å². The maximum Gasteiger partial charge on any atom is 0.144 e. The molecule has 1 aromatic heterocycles. The van der Waals surface area contributed by atoms with Crippen LogP contribution in [0.15, 0.2) is 12.1 Å². The zero-order valence-corrected chi connectivity index (χ0v) is 8.78. The number of alkyl halides is 1. The molecule has 3 heteroatoms. The molecule has 13 heavy (non-hydrogen) atoms. The van der Waals surface area contributed by atoms with E-state index in [0.717, 1.165) is 11.3 Å². The molecule has 0 spiro atoms. The Hall–Kier alpha value is -0.710. The molecule has 1 heterocycles. The van der Waals surface area contributed by atoms with Crippen molar-refractivity contribution in [3.8, 4) is 11.8 Å². The first-order valence-corrected chi connectivity index (χ1v) is 4.83. The molecular formula is C10H9Cl2N. The Kier molecular flexibility index (Phi) is 4.08. The van der Waals surface area contributed by atoms with Crippen LogP contribution in [0.4, 0.5) is 0 Å². The van der Waals surface area contributed by atoms with Crippen LogP contribution in [-0.4, -0.2) is 10.9 Å². The SMILES string of the molecule is Cc1ccc(C#CCCCl)c(Cl)n1. The Bertz CT molecular complexity index is 350. The van der Waals surface area contributed by atoms with Crippen LogP contribution >= 0.6 is 23.2 Å². The maximum absolute atomic E-state index is 5.86. The third-order valence-electron chi connectivity index (χ3n) is 1.43. The van der Waals surface area contributed by atoms with Gasteiger partial charge in [0, 0.05) is 18.0 Å². The molecule has 0 saturated heterocycles. The molecule has 0 aliphatic heterocycles. The summed E-state index contributed by atoms with van der Waals surface area (Å²) in [6.45, 7) is 1.89. The normalized spacial score (nSPS) is 9.15. The maximum atomic E-state index is 5.86. The Morgan fingerprint density at radius 1 is 1.46 bits per heavy atom. The molecule has 1 aromatic rings. The van der Waals surface area contributed by atoms with Crippen LogP contribution in [0.5, 0.6) is 0 Å². The average Bonchev–Trinajstić information content (AvgIpc) is 2.09. The molecule has 0 aromatic carbocycles. The quantitative estimate of drug-likeness (QED) is 0.397. The number of aromatic nitrogens is 1. The minimum atomic E-state index is 0.460. The predicted molar refractivity (Wildman–Crippen MR) is 56.2 cm³/mol. The number of halogens is 2. The molecule has 0 bridgehead atoms. The lowest BCUT2D eigenvalue weighted by atomic mass is 10.2. The van der Waals surface area contributed by atoms with Crippen LogP contribution in [0.1, 0.15) is 17.7 Å². The van der Waals surface area contributed by atoms with E-state index in [1.54, 1.807) is 0 Å². The molecule has 0 atom stereocenters. The van der Waals surface area contributed by atoms with Crippen LogP contribution in [0.3, 0.4) is 0 Å². The molecule has 0 radical (unpaired) electrons. The average molecular weight is 214 g/mol. The van der Waals surface area contributed by atoms with E-state index in [1.807, 2.05) is 19.1 Å². The Balaban J connectivity index is 2.85. The van der Waals surface area contributed by atoms with Gasteiger partial charge in [-0.1, -0.05) is 23.4 Å². The summed E-state index contributed by atoms with van der Waals surface area (Å²) in [6.07, 6.45) is 0.672. The topological polar surface area (TPSA) is 12.9 Å². The van der Waals surface area contributed by atoms with Gasteiger partial charge < -0.3 is 0 Å². The van der Waals surface area contributed by atoms with Crippen molar-refractivity contribution in [3.63, 3.8) is 0 Å². The zero-order chi connectivity index (χ0) is 9.68. The number of hydrogen-bond acceptors (Lipinski definition) is 1. The van der Waals surface area contributed by atoms with E-state index in [0.29, 0.717) is 17.5 Å². The van der Waals surface area contributed by atoms with Gasteiger partial charge in [0.1, 0.15) is 5.15 Å². The molecule has 0 aliphatic carbocycles. The van der Waals surface area contributed by atoms with Crippen LogP contribution in [0, 0.1) is 18.8 Å². The van der Waals surface area contributed by atoms with Gasteiger partial charge >= 0.3 is 0 Å². The Morgan fingerprint density at radius 3 is 2.85 bits per heavy atom. The van der Waals surface area contributed by atoms with E-state index in [4.69, 9.17) is 23.2 Å². The van der Waals surface area contributed by atoms with Crippen LogP contribution < -0.4 is 0 Å². The molecule has 0 aliphatic rings. The lowest BCUT2D eigenvalue weighted by Gasteiger charge is -1.95. The molecule has 0 saturated carbocycles. The van der Waals surface area contributed by atoms with Crippen molar-refractivity contribution < 1.29 is 0 Å². The smallest absolute Gasteiger partial charge is 0.144 e. The summed E-state index contributed by atoms with van der Waals surface area (Å²) in [4.78, 5) is 4.08. The van der Waals surface area contributed by atoms with Gasteiger partial charge in [0.2, 0.25) is 0 Å². The summed E-state index contributed by atoms with van der Waals surface area (Å²) >= 11 is 11.3. The van der Waals surface area contributed by atoms with Gasteiger partial charge in [-0.3, -0.25) is 0 Å². The van der Waals surface area contributed by atoms with E-state index in [-0.39, 0.29) is 0 Å². The minimum absolute atomic E-state index is 0.460. The second-order valence-corrected chi connectivity index (χ2v) is 3.27. The number of nitrogens with zero attached hydrogens (tertiary/aromatic N) is 1. The fourth-order valence-corrected chi connectivity index (χ4v) is 1.16. The summed E-state index contributed by atoms with van der Waals surface area (Å²) in [7, 11) is 0. The molecule has 1 rings (SSSR count). The summed E-state index contributed by atoms with van der Waals surface area (Å²) in [5.74, 6) is 6.36. The zero-order valence-electron chi connectivity index (χ0n) is 7.27. The lowest BCUT2D eigenvalue weighted by molar-refractivity contribution is 1.19. The van der Waals surface area contributed by atoms with Gasteiger partial charge in [-0.2, -0.15) is 0 Å². The molecule has 0 unspecified atom stereocenters. The van der Waals surface area contributed by atoms with Crippen molar-refractivity contribution in [2.24, 2.45) is 0 Å². The standard InChI is InChI=1S/C10H9Cl2N/c1-8-5-6-9(10(12)13-8)4-2-3-7-11/h5-6H,3,7H2,1H3. The van der Waals surface area contributed by atoms with E-state index in [2.05, 4.69) is 16.8 Å². The summed E-state index contributed by atoms with van der Waals surface area (Å²) < 4.78 is 0. The van der Waals surface area contributed by atoms with Crippen LogP contribution in [0.25, 0.3) is 0 Å². The van der Waals surface area contributed by atoms with E-state index in [9.17, 15) is 0 Å². The molecule has 0 amide bonds. The second-order valence-electron chi connectivity index (χ2n) is 2.53. The first kappa shape index (κ1) is 10.4. The van der Waals surface area contributed by atoms with Gasteiger partial charge in [-0.15, -0.1) is 11.6 Å². The highest BCUT2D eigenvalue weighted by Crippen LogP contribution is 2.11. The Morgan fingerprint density at radius 2 is 2.23 bits per heavy atom. The Labute approximate surface area is 88.1 Å². The summed E-state index contributed by atoms with van der Waals surface area (Å²) in [6, 6.07) is 3.75. The number of hydrogen-bond donors (Lipinski definition) is 0. The van der Waals surface area contributed by atoms with Crippen LogP contribution in [0.2, 0.25) is 5.15 Å². The second kappa shape index (κ2) is 5.11. The fraction of sp³-hybridized carbons (Fsp3) is 0.300. The number of rotatable bonds is 1. The van der Waals surface area contributed by atoms with E-state index >= 15 is 0 Å². The van der Waals surface area contributed by atoms with E-state index < -0.39 is 0 Å². The highest BCUT2D eigenvalue weighted by molar-refractivity contribution is 6.30. The summed E-state index contributed by atoms with van der Waals surface area (Å²) in [5.41, 5.74) is 1.66. The van der Waals surface area contributed by atoms with Crippen molar-refractivity contribution in [1.82, 2.24) is 4.98 Å². The molecule has 1 nitrogen and oxygen atoms in total. The van der Waals surface area contributed by atoms with Gasteiger partial charge in [-0.25, -0.2) is 4.98 Å². The molecule has 0 N–H and O–H groups in total. The third kappa shape index (κ3) is 3.26. The van der Waals surface area contributed by atoms with Crippen molar-refractivity contribution in [3.05, 3.63) is 28.5 Å². The monoisotopic (exact) mass is 213 g/mol. The molecular weight excluding hydrogens is 205 g/mol. The lowest BCUT2D eigenvalue weighted by Crippen LogP contribution is -1.85. The molecule has 0 fully saturated rings.